The van der Waals surface area contributed by atoms with Gasteiger partial charge in [-0.2, -0.15) is 0 Å². The number of rotatable bonds is 7. The third kappa shape index (κ3) is 7.29. The van der Waals surface area contributed by atoms with Gasteiger partial charge in [0.25, 0.3) is 0 Å². The van der Waals surface area contributed by atoms with Crippen molar-refractivity contribution in [1.82, 2.24) is 0 Å². The molecule has 6 rings (SSSR count). The van der Waals surface area contributed by atoms with Crippen LogP contribution in [0.15, 0.2) is 106 Å². The van der Waals surface area contributed by atoms with Crippen LogP contribution in [-0.4, -0.2) is 24.9 Å². The Balaban J connectivity index is 0.00000260. The maximum atomic E-state index is 12.3. The molecule has 0 bridgehead atoms. The average Bonchev–Trinajstić information content (AvgIpc) is 3.01. The van der Waals surface area contributed by atoms with Crippen molar-refractivity contribution >= 4 is 50.1 Å². The summed E-state index contributed by atoms with van der Waals surface area (Å²) in [6.45, 7) is 3.50. The third-order valence-electron chi connectivity index (χ3n) is 7.67. The molecule has 48 heavy (non-hydrogen) atoms. The second-order valence-corrected chi connectivity index (χ2v) is 12.0. The standard InChI is InChI=1S/C35H26N2O8S.2Na/c1-19-7-5-10-26(34(38)39)32(19)36-21-13-15-23-28(17-21)45-29-18-22(37-33-20(2)8-6-11-27(33)35(40)41)14-16-24(29)31(23)25-9-3-4-12-30(25)46(42,43)44;;/h3-18,36H,1-2H3,(H,38,39)(H,40,41)(H,42,43,44);;/q;2*+1/p-2. The number of carboxylic acids is 2. The molecule has 0 saturated heterocycles. The number of hydrogen-bond donors (Lipinski definition) is 2. The zero-order valence-electron chi connectivity index (χ0n) is 26.4. The summed E-state index contributed by atoms with van der Waals surface area (Å²) in [6, 6.07) is 25.4. The molecule has 1 aliphatic heterocycles. The van der Waals surface area contributed by atoms with E-state index in [1.165, 1.54) is 30.3 Å². The molecule has 230 valence electrons. The van der Waals surface area contributed by atoms with E-state index in [2.05, 4.69) is 10.3 Å². The zero-order chi connectivity index (χ0) is 32.7. The van der Waals surface area contributed by atoms with Gasteiger partial charge in [-0.25, -0.2) is 13.4 Å². The normalized spacial score (nSPS) is 11.5. The molecule has 0 aromatic heterocycles. The Kier molecular flexibility index (Phi) is 11.4. The second kappa shape index (κ2) is 14.8. The first-order valence-electron chi connectivity index (χ1n) is 14.0. The van der Waals surface area contributed by atoms with Gasteiger partial charge in [0.05, 0.1) is 34.2 Å². The smallest absolute Gasteiger partial charge is 0.744 e. The molecular formula is C35H24N2Na2O8S. The first-order valence-corrected chi connectivity index (χ1v) is 15.4. The van der Waals surface area contributed by atoms with E-state index in [4.69, 9.17) is 4.42 Å². The number of carbonyl (C=O) groups excluding carboxylic acids is 2. The van der Waals surface area contributed by atoms with Crippen molar-refractivity contribution < 1.29 is 101 Å². The number of carboxylic acid groups (broad SMARTS) is 2. The van der Waals surface area contributed by atoms with Gasteiger partial charge in [-0.05, 0) is 49.7 Å². The molecule has 4 aromatic rings. The molecule has 10 nitrogen and oxygen atoms in total. The molecular weight excluding hydrogens is 654 g/mol. The van der Waals surface area contributed by atoms with Crippen LogP contribution in [0.5, 0.6) is 0 Å². The number of aromatic carboxylic acids is 2. The van der Waals surface area contributed by atoms with Crippen LogP contribution < -0.4 is 85.0 Å². The maximum absolute atomic E-state index is 12.3. The molecule has 0 saturated carbocycles. The fourth-order valence-corrected chi connectivity index (χ4v) is 6.21. The molecule has 0 atom stereocenters. The van der Waals surface area contributed by atoms with Crippen LogP contribution in [0.1, 0.15) is 31.8 Å². The SMILES string of the molecule is Cc1cccc(C(=O)[O-])c1Nc1ccc2c(-c3ccccc3S(=O)(=O)[O-])c3ccc(=[NH+]c4c(C)cccc4C(=O)[O-])cc-3oc2c1.[Na+].[Na+]. The number of para-hydroxylation sites is 2. The molecule has 1 aliphatic carbocycles. The molecule has 2 N–H and O–H groups in total. The summed E-state index contributed by atoms with van der Waals surface area (Å²) in [5.41, 5.74) is 3.75. The van der Waals surface area contributed by atoms with Gasteiger partial charge in [-0.15, -0.1) is 0 Å². The van der Waals surface area contributed by atoms with Gasteiger partial charge in [0, 0.05) is 51.0 Å². The number of fused-ring (bicyclic) bond motifs is 2. The minimum atomic E-state index is -4.88. The van der Waals surface area contributed by atoms with Crippen molar-refractivity contribution in [2.24, 2.45) is 0 Å². The molecule has 2 aliphatic rings. The summed E-state index contributed by atoms with van der Waals surface area (Å²) in [4.78, 5) is 26.3. The molecule has 1 heterocycles. The molecule has 13 heteroatoms. The minimum Gasteiger partial charge on any atom is -0.744 e. The molecule has 0 fully saturated rings. The van der Waals surface area contributed by atoms with E-state index >= 15 is 0 Å². The predicted octanol–water partition coefficient (Wildman–Crippen LogP) is -3.48. The quantitative estimate of drug-likeness (QED) is 0.0987. The maximum Gasteiger partial charge on any atom is 1.00 e. The Morgan fingerprint density at radius 1 is 0.750 bits per heavy atom. The summed E-state index contributed by atoms with van der Waals surface area (Å²) in [5, 5.41) is 27.7. The van der Waals surface area contributed by atoms with E-state index in [0.717, 1.165) is 0 Å². The molecule has 0 spiro atoms. The van der Waals surface area contributed by atoms with E-state index in [1.54, 1.807) is 80.6 Å². The second-order valence-electron chi connectivity index (χ2n) is 10.7. The minimum absolute atomic E-state index is 0. The van der Waals surface area contributed by atoms with Gasteiger partial charge in [0.1, 0.15) is 21.5 Å². The van der Waals surface area contributed by atoms with Gasteiger partial charge in [-0.3, -0.25) is 0 Å². The topological polar surface area (TPSA) is 177 Å². The van der Waals surface area contributed by atoms with Crippen molar-refractivity contribution in [2.75, 3.05) is 5.32 Å². The van der Waals surface area contributed by atoms with Crippen molar-refractivity contribution in [1.29, 1.82) is 0 Å². The number of aryl methyl sites for hydroxylation is 2. The number of nitrogens with one attached hydrogen (secondary N) is 2. The number of hydrogen-bond acceptors (Lipinski definition) is 9. The van der Waals surface area contributed by atoms with Gasteiger partial charge in [-0.1, -0.05) is 48.5 Å². The summed E-state index contributed by atoms with van der Waals surface area (Å²) < 4.78 is 43.4. The van der Waals surface area contributed by atoms with Gasteiger partial charge in [0.15, 0.2) is 0 Å². The van der Waals surface area contributed by atoms with Crippen molar-refractivity contribution in [3.63, 3.8) is 0 Å². The van der Waals surface area contributed by atoms with E-state index in [9.17, 15) is 32.8 Å². The van der Waals surface area contributed by atoms with Crippen LogP contribution in [0.25, 0.3) is 33.4 Å². The molecule has 0 unspecified atom stereocenters. The van der Waals surface area contributed by atoms with Gasteiger partial charge < -0.3 is 34.1 Å². The van der Waals surface area contributed by atoms with Crippen LogP contribution in [0.4, 0.5) is 17.1 Å². The fraction of sp³-hybridized carbons (Fsp3) is 0.0571. The van der Waals surface area contributed by atoms with Crippen LogP contribution in [0.3, 0.4) is 0 Å². The Labute approximate surface area is 319 Å². The van der Waals surface area contributed by atoms with Crippen LogP contribution in [0, 0.1) is 13.8 Å². The van der Waals surface area contributed by atoms with E-state index in [-0.39, 0.29) is 87.1 Å². The first kappa shape index (κ1) is 37.0. The van der Waals surface area contributed by atoms with Crippen molar-refractivity contribution in [3.8, 4) is 22.5 Å². The Morgan fingerprint density at radius 2 is 1.42 bits per heavy atom. The van der Waals surface area contributed by atoms with E-state index in [0.29, 0.717) is 50.1 Å². The Hall–Kier alpha value is -3.78. The summed E-state index contributed by atoms with van der Waals surface area (Å²) in [7, 11) is -4.88. The molecule has 4 aromatic carbocycles. The van der Waals surface area contributed by atoms with E-state index in [1.807, 2.05) is 0 Å². The van der Waals surface area contributed by atoms with Crippen molar-refractivity contribution in [2.45, 2.75) is 18.7 Å². The van der Waals surface area contributed by atoms with Gasteiger partial charge in [0.2, 0.25) is 11.0 Å². The molecule has 0 radical (unpaired) electrons. The number of anilines is 2. The van der Waals surface area contributed by atoms with Gasteiger partial charge >= 0.3 is 59.1 Å². The summed E-state index contributed by atoms with van der Waals surface area (Å²) in [5.74, 6) is -2.41. The fourth-order valence-electron chi connectivity index (χ4n) is 5.52. The Morgan fingerprint density at radius 3 is 2.10 bits per heavy atom. The zero-order valence-corrected chi connectivity index (χ0v) is 31.2. The monoisotopic (exact) mass is 678 g/mol. The summed E-state index contributed by atoms with van der Waals surface area (Å²) >= 11 is 0. The van der Waals surface area contributed by atoms with E-state index < -0.39 is 27.0 Å². The average molecular weight is 679 g/mol. The molecule has 0 amide bonds. The van der Waals surface area contributed by atoms with Crippen molar-refractivity contribution in [3.05, 3.63) is 125 Å². The van der Waals surface area contributed by atoms with Crippen LogP contribution >= 0.6 is 0 Å². The number of benzene rings is 5. The summed E-state index contributed by atoms with van der Waals surface area (Å²) in [6.07, 6.45) is 0. The van der Waals surface area contributed by atoms with Crippen LogP contribution in [-0.2, 0) is 10.1 Å². The van der Waals surface area contributed by atoms with Crippen LogP contribution in [0.2, 0.25) is 0 Å². The predicted molar refractivity (Wildman–Crippen MR) is 164 cm³/mol. The number of carbonyl (C=O) groups is 2. The third-order valence-corrected chi connectivity index (χ3v) is 8.57. The Bertz CT molecular complexity index is 2370. The first-order chi connectivity index (χ1) is 21.9. The largest absolute Gasteiger partial charge is 1.00 e.